The van der Waals surface area contributed by atoms with Gasteiger partial charge in [-0.25, -0.2) is 13.1 Å². The molecule has 0 aliphatic heterocycles. The predicted octanol–water partition coefficient (Wildman–Crippen LogP) is 1.93. The number of hydrogen-bond acceptors (Lipinski definition) is 4. The van der Waals surface area contributed by atoms with E-state index in [1.54, 1.807) is 19.1 Å². The van der Waals surface area contributed by atoms with Crippen molar-refractivity contribution in [2.45, 2.75) is 43.5 Å². The fourth-order valence-electron chi connectivity index (χ4n) is 2.75. The maximum Gasteiger partial charge on any atom is 0.242 e. The average molecular weight is 310 g/mol. The molecule has 1 fully saturated rings. The molecule has 2 rings (SSSR count). The minimum atomic E-state index is -3.49. The molecule has 21 heavy (non-hydrogen) atoms. The zero-order valence-electron chi connectivity index (χ0n) is 12.5. The molecule has 0 spiro atoms. The van der Waals surface area contributed by atoms with E-state index in [0.717, 1.165) is 12.8 Å². The molecule has 116 valence electrons. The molecular weight excluding hydrogens is 288 g/mol. The lowest BCUT2D eigenvalue weighted by Crippen LogP contribution is -2.36. The monoisotopic (exact) mass is 310 g/mol. The van der Waals surface area contributed by atoms with Crippen molar-refractivity contribution in [3.8, 4) is 0 Å². The van der Waals surface area contributed by atoms with Gasteiger partial charge >= 0.3 is 0 Å². The van der Waals surface area contributed by atoms with E-state index in [4.69, 9.17) is 0 Å². The number of rotatable bonds is 5. The summed E-state index contributed by atoms with van der Waals surface area (Å²) >= 11 is 0. The van der Waals surface area contributed by atoms with Crippen molar-refractivity contribution in [3.63, 3.8) is 0 Å². The molecule has 6 heteroatoms. The number of para-hydroxylation sites is 1. The highest BCUT2D eigenvalue weighted by Crippen LogP contribution is 2.29. The van der Waals surface area contributed by atoms with Crippen LogP contribution in [0.4, 0.5) is 5.69 Å². The van der Waals surface area contributed by atoms with E-state index in [2.05, 4.69) is 4.72 Å². The normalized spacial score (nSPS) is 17.0. The van der Waals surface area contributed by atoms with E-state index in [1.165, 1.54) is 0 Å². The van der Waals surface area contributed by atoms with Crippen molar-refractivity contribution in [3.05, 3.63) is 24.3 Å². The van der Waals surface area contributed by atoms with Crippen LogP contribution in [0.25, 0.3) is 0 Å². The Labute approximate surface area is 126 Å². The van der Waals surface area contributed by atoms with Crippen molar-refractivity contribution in [2.75, 3.05) is 18.5 Å². The second-order valence-corrected chi connectivity index (χ2v) is 7.09. The second kappa shape index (κ2) is 6.58. The molecule has 1 aliphatic carbocycles. The number of hydrogen-bond donors (Lipinski definition) is 1. The first kappa shape index (κ1) is 16.0. The highest BCUT2D eigenvalue weighted by molar-refractivity contribution is 7.89. The third-order valence-electron chi connectivity index (χ3n) is 3.93. The van der Waals surface area contributed by atoms with Crippen LogP contribution >= 0.6 is 0 Å². The molecule has 0 amide bonds. The molecule has 1 saturated carbocycles. The van der Waals surface area contributed by atoms with Crippen LogP contribution in [0.5, 0.6) is 0 Å². The summed E-state index contributed by atoms with van der Waals surface area (Å²) in [5.41, 5.74) is 0.692. The van der Waals surface area contributed by atoms with Crippen LogP contribution in [-0.4, -0.2) is 33.8 Å². The lowest BCUT2D eigenvalue weighted by molar-refractivity contribution is -0.120. The highest BCUT2D eigenvalue weighted by atomic mass is 32.2. The zero-order valence-corrected chi connectivity index (χ0v) is 13.3. The first-order valence-corrected chi connectivity index (χ1v) is 8.77. The van der Waals surface area contributed by atoms with E-state index in [0.29, 0.717) is 35.8 Å². The molecule has 1 aliphatic rings. The molecule has 0 bridgehead atoms. The van der Waals surface area contributed by atoms with Crippen LogP contribution in [0.1, 0.15) is 32.6 Å². The minimum absolute atomic E-state index is 0.209. The van der Waals surface area contributed by atoms with Crippen LogP contribution in [0.2, 0.25) is 0 Å². The van der Waals surface area contributed by atoms with Gasteiger partial charge in [0, 0.05) is 32.5 Å². The number of nitrogens with one attached hydrogen (secondary N) is 1. The second-order valence-electron chi connectivity index (χ2n) is 5.35. The first-order valence-electron chi connectivity index (χ1n) is 7.29. The van der Waals surface area contributed by atoms with Gasteiger partial charge in [-0.15, -0.1) is 0 Å². The Kier molecular flexibility index (Phi) is 5.00. The van der Waals surface area contributed by atoms with Gasteiger partial charge in [0.15, 0.2) is 0 Å². The van der Waals surface area contributed by atoms with Gasteiger partial charge < -0.3 is 4.90 Å². The van der Waals surface area contributed by atoms with Crippen molar-refractivity contribution >= 4 is 21.5 Å². The number of nitrogens with zero attached hydrogens (tertiary/aromatic N) is 1. The summed E-state index contributed by atoms with van der Waals surface area (Å²) in [6.07, 6.45) is 2.73. The Morgan fingerprint density at radius 3 is 2.48 bits per heavy atom. The topological polar surface area (TPSA) is 66.5 Å². The molecule has 1 aromatic rings. The van der Waals surface area contributed by atoms with Crippen molar-refractivity contribution in [1.82, 2.24) is 4.72 Å². The number of sulfonamides is 1. The van der Waals surface area contributed by atoms with Gasteiger partial charge in [-0.2, -0.15) is 0 Å². The lowest BCUT2D eigenvalue weighted by Gasteiger charge is -2.33. The number of carbonyl (C=O) groups excluding carboxylic acids is 1. The largest absolute Gasteiger partial charge is 0.370 e. The zero-order chi connectivity index (χ0) is 15.5. The third-order valence-corrected chi connectivity index (χ3v) is 5.52. The summed E-state index contributed by atoms with van der Waals surface area (Å²) in [6.45, 7) is 2.12. The summed E-state index contributed by atoms with van der Waals surface area (Å²) in [5.74, 6) is 0.299. The van der Waals surface area contributed by atoms with Crippen molar-refractivity contribution in [2.24, 2.45) is 0 Å². The van der Waals surface area contributed by atoms with E-state index in [9.17, 15) is 13.2 Å². The summed E-state index contributed by atoms with van der Waals surface area (Å²) < 4.78 is 27.1. The molecule has 0 unspecified atom stereocenters. The molecule has 0 saturated heterocycles. The van der Waals surface area contributed by atoms with Crippen LogP contribution in [0.15, 0.2) is 29.2 Å². The van der Waals surface area contributed by atoms with Crippen LogP contribution in [0, 0.1) is 0 Å². The molecule has 5 nitrogen and oxygen atoms in total. The Morgan fingerprint density at radius 1 is 1.24 bits per heavy atom. The predicted molar refractivity (Wildman–Crippen MR) is 83.0 cm³/mol. The number of anilines is 1. The van der Waals surface area contributed by atoms with Gasteiger partial charge in [0.2, 0.25) is 10.0 Å². The van der Waals surface area contributed by atoms with Crippen LogP contribution in [0.3, 0.4) is 0 Å². The van der Waals surface area contributed by atoms with Gasteiger partial charge in [0.1, 0.15) is 10.7 Å². The first-order chi connectivity index (χ1) is 9.95. The summed E-state index contributed by atoms with van der Waals surface area (Å²) in [7, 11) is -1.59. The van der Waals surface area contributed by atoms with Gasteiger partial charge in [0.25, 0.3) is 0 Å². The summed E-state index contributed by atoms with van der Waals surface area (Å²) in [6, 6.07) is 7.22. The van der Waals surface area contributed by atoms with Crippen molar-refractivity contribution < 1.29 is 13.2 Å². The number of Topliss-reactive ketones (excluding diaryl/α,β-unsaturated/α-hetero) is 1. The van der Waals surface area contributed by atoms with E-state index >= 15 is 0 Å². The Balaban J connectivity index is 2.29. The molecule has 1 N–H and O–H groups in total. The lowest BCUT2D eigenvalue weighted by atomic mass is 9.93. The highest BCUT2D eigenvalue weighted by Gasteiger charge is 2.26. The van der Waals surface area contributed by atoms with Crippen molar-refractivity contribution in [1.29, 1.82) is 0 Å². The molecule has 1 aromatic carbocycles. The fourth-order valence-corrected chi connectivity index (χ4v) is 4.03. The Hall–Kier alpha value is -1.40. The Bertz CT molecular complexity index is 603. The van der Waals surface area contributed by atoms with E-state index in [-0.39, 0.29) is 6.04 Å². The minimum Gasteiger partial charge on any atom is -0.370 e. The van der Waals surface area contributed by atoms with Crippen LogP contribution < -0.4 is 9.62 Å². The summed E-state index contributed by atoms with van der Waals surface area (Å²) in [5, 5.41) is 0. The fraction of sp³-hybridized carbons (Fsp3) is 0.533. The Morgan fingerprint density at radius 2 is 1.86 bits per heavy atom. The molecule has 0 heterocycles. The van der Waals surface area contributed by atoms with E-state index in [1.807, 2.05) is 24.1 Å². The number of benzene rings is 1. The van der Waals surface area contributed by atoms with E-state index < -0.39 is 10.0 Å². The summed E-state index contributed by atoms with van der Waals surface area (Å²) in [4.78, 5) is 13.6. The SMILES string of the molecule is CCNS(=O)(=O)c1ccccc1N(C)C1CCC(=O)CC1. The smallest absolute Gasteiger partial charge is 0.242 e. The number of carbonyl (C=O) groups is 1. The molecule has 0 aromatic heterocycles. The molecular formula is C15H22N2O3S. The maximum absolute atomic E-state index is 12.3. The van der Waals surface area contributed by atoms with Crippen LogP contribution in [-0.2, 0) is 14.8 Å². The average Bonchev–Trinajstić information content (AvgIpc) is 2.47. The standard InChI is InChI=1S/C15H22N2O3S/c1-3-16-21(19,20)15-7-5-4-6-14(15)17(2)12-8-10-13(18)11-9-12/h4-7,12,16H,3,8-11H2,1-2H3. The van der Waals surface area contributed by atoms with Gasteiger partial charge in [-0.05, 0) is 25.0 Å². The molecule has 0 radical (unpaired) electrons. The van der Waals surface area contributed by atoms with Gasteiger partial charge in [-0.1, -0.05) is 19.1 Å². The quantitative estimate of drug-likeness (QED) is 0.902. The number of ketones is 1. The third kappa shape index (κ3) is 3.63. The van der Waals surface area contributed by atoms with Gasteiger partial charge in [-0.3, -0.25) is 4.79 Å². The maximum atomic E-state index is 12.3. The van der Waals surface area contributed by atoms with Gasteiger partial charge in [0.05, 0.1) is 5.69 Å². The molecule has 0 atom stereocenters.